The Hall–Kier alpha value is -1.71. The van der Waals surface area contributed by atoms with Gasteiger partial charge in [0.15, 0.2) is 0 Å². The smallest absolute Gasteiger partial charge is 0.410 e. The van der Waals surface area contributed by atoms with Crippen molar-refractivity contribution in [3.8, 4) is 5.75 Å². The molecule has 4 heteroatoms. The molecule has 0 saturated carbocycles. The molecule has 3 rings (SSSR count). The summed E-state index contributed by atoms with van der Waals surface area (Å²) in [6.07, 6.45) is 1.66. The van der Waals surface area contributed by atoms with E-state index in [0.717, 1.165) is 38.3 Å². The van der Waals surface area contributed by atoms with E-state index < -0.39 is 5.60 Å². The van der Waals surface area contributed by atoms with E-state index in [0.29, 0.717) is 0 Å². The summed E-state index contributed by atoms with van der Waals surface area (Å²) in [6.45, 7) is 7.89. The van der Waals surface area contributed by atoms with Crippen molar-refractivity contribution in [2.75, 3.05) is 19.7 Å². The van der Waals surface area contributed by atoms with Gasteiger partial charge in [0.2, 0.25) is 0 Å². The van der Waals surface area contributed by atoms with Crippen LogP contribution < -0.4 is 4.74 Å². The van der Waals surface area contributed by atoms with Gasteiger partial charge in [0, 0.05) is 24.1 Å². The van der Waals surface area contributed by atoms with E-state index in [1.165, 1.54) is 5.56 Å². The molecule has 1 fully saturated rings. The van der Waals surface area contributed by atoms with Crippen molar-refractivity contribution in [3.63, 3.8) is 0 Å². The molecule has 0 aliphatic carbocycles. The number of fused-ring (bicyclic) bond motifs is 2. The second kappa shape index (κ2) is 4.93. The lowest BCUT2D eigenvalue weighted by Gasteiger charge is -2.38. The highest BCUT2D eigenvalue weighted by Crippen LogP contribution is 2.45. The highest BCUT2D eigenvalue weighted by Gasteiger charge is 2.44. The number of rotatable bonds is 0. The fraction of sp³-hybridized carbons (Fsp3) is 0.588. The zero-order chi connectivity index (χ0) is 15.1. The van der Waals surface area contributed by atoms with Crippen LogP contribution in [-0.4, -0.2) is 36.3 Å². The first-order chi connectivity index (χ1) is 9.90. The molecule has 0 unspecified atom stereocenters. The molecule has 1 aromatic carbocycles. The number of hydrogen-bond acceptors (Lipinski definition) is 3. The van der Waals surface area contributed by atoms with Gasteiger partial charge in [-0.3, -0.25) is 0 Å². The van der Waals surface area contributed by atoms with E-state index in [1.807, 2.05) is 37.8 Å². The Morgan fingerprint density at radius 3 is 2.57 bits per heavy atom. The van der Waals surface area contributed by atoms with Crippen LogP contribution in [0.2, 0.25) is 0 Å². The van der Waals surface area contributed by atoms with Crippen LogP contribution in [0.3, 0.4) is 0 Å². The number of likely N-dealkylation sites (tertiary alicyclic amines) is 1. The third-order valence-electron chi connectivity index (χ3n) is 4.33. The van der Waals surface area contributed by atoms with Gasteiger partial charge in [0.1, 0.15) is 11.4 Å². The quantitative estimate of drug-likeness (QED) is 0.735. The molecule has 4 nitrogen and oxygen atoms in total. The number of hydrogen-bond donors (Lipinski definition) is 0. The monoisotopic (exact) mass is 289 g/mol. The first-order valence-electron chi connectivity index (χ1n) is 7.60. The summed E-state index contributed by atoms with van der Waals surface area (Å²) in [5.41, 5.74) is 0.943. The molecule has 1 aromatic rings. The maximum absolute atomic E-state index is 12.1. The Kier molecular flexibility index (Phi) is 3.34. The van der Waals surface area contributed by atoms with Gasteiger partial charge in [-0.2, -0.15) is 0 Å². The molecule has 1 amide bonds. The Bertz CT molecular complexity index is 539. The fourth-order valence-electron chi connectivity index (χ4n) is 3.18. The number of amides is 1. The second-order valence-electron chi connectivity index (χ2n) is 7.03. The van der Waals surface area contributed by atoms with Crippen molar-refractivity contribution < 1.29 is 14.3 Å². The van der Waals surface area contributed by atoms with Gasteiger partial charge >= 0.3 is 6.09 Å². The van der Waals surface area contributed by atoms with E-state index in [-0.39, 0.29) is 11.5 Å². The minimum absolute atomic E-state index is 0.0785. The van der Waals surface area contributed by atoms with Crippen molar-refractivity contribution >= 4 is 6.09 Å². The second-order valence-corrected chi connectivity index (χ2v) is 7.03. The predicted octanol–water partition coefficient (Wildman–Crippen LogP) is 3.35. The Balaban J connectivity index is 1.68. The molecule has 0 N–H and O–H groups in total. The van der Waals surface area contributed by atoms with Crippen LogP contribution in [0.4, 0.5) is 4.79 Å². The lowest BCUT2D eigenvalue weighted by Crippen LogP contribution is -2.47. The first-order valence-corrected chi connectivity index (χ1v) is 7.60. The van der Waals surface area contributed by atoms with Gasteiger partial charge < -0.3 is 14.4 Å². The molecule has 2 aliphatic rings. The first kappa shape index (κ1) is 14.2. The maximum Gasteiger partial charge on any atom is 0.410 e. The van der Waals surface area contributed by atoms with E-state index in [9.17, 15) is 4.79 Å². The van der Waals surface area contributed by atoms with Crippen molar-refractivity contribution in [1.82, 2.24) is 4.90 Å². The minimum atomic E-state index is -0.435. The Morgan fingerprint density at radius 2 is 1.90 bits per heavy atom. The summed E-state index contributed by atoms with van der Waals surface area (Å²) < 4.78 is 11.3. The van der Waals surface area contributed by atoms with Crippen molar-refractivity contribution in [2.24, 2.45) is 0 Å². The normalized spacial score (nSPS) is 20.0. The van der Waals surface area contributed by atoms with E-state index >= 15 is 0 Å². The largest absolute Gasteiger partial charge is 0.492 e. The number of ether oxygens (including phenoxy) is 2. The molecule has 2 heterocycles. The van der Waals surface area contributed by atoms with Crippen LogP contribution in [0, 0.1) is 0 Å². The summed E-state index contributed by atoms with van der Waals surface area (Å²) in [7, 11) is 0. The van der Waals surface area contributed by atoms with Gasteiger partial charge in [-0.15, -0.1) is 0 Å². The van der Waals surface area contributed by atoms with Gasteiger partial charge in [-0.05, 0) is 39.7 Å². The van der Waals surface area contributed by atoms with Crippen LogP contribution >= 0.6 is 0 Å². The molecule has 1 saturated heterocycles. The molecule has 0 aromatic heterocycles. The van der Waals surface area contributed by atoms with Crippen LogP contribution in [0.5, 0.6) is 5.75 Å². The summed E-state index contributed by atoms with van der Waals surface area (Å²) in [5, 5.41) is 0. The Morgan fingerprint density at radius 1 is 1.24 bits per heavy atom. The molecule has 0 bridgehead atoms. The number of benzene rings is 1. The average Bonchev–Trinajstić information content (AvgIpc) is 2.77. The van der Waals surface area contributed by atoms with Crippen molar-refractivity contribution in [1.29, 1.82) is 0 Å². The van der Waals surface area contributed by atoms with Crippen molar-refractivity contribution in [3.05, 3.63) is 29.8 Å². The summed E-state index contributed by atoms with van der Waals surface area (Å²) >= 11 is 0. The number of carbonyl (C=O) groups is 1. The van der Waals surface area contributed by atoms with Gasteiger partial charge in [0.25, 0.3) is 0 Å². The lowest BCUT2D eigenvalue weighted by molar-refractivity contribution is 0.0152. The van der Waals surface area contributed by atoms with E-state index in [4.69, 9.17) is 9.47 Å². The molecular weight excluding hydrogens is 266 g/mol. The van der Waals surface area contributed by atoms with Crippen LogP contribution in [0.15, 0.2) is 24.3 Å². The zero-order valence-electron chi connectivity index (χ0n) is 13.0. The average molecular weight is 289 g/mol. The van der Waals surface area contributed by atoms with Gasteiger partial charge in [0.05, 0.1) is 6.61 Å². The third kappa shape index (κ3) is 2.71. The van der Waals surface area contributed by atoms with E-state index in [1.54, 1.807) is 0 Å². The predicted molar refractivity (Wildman–Crippen MR) is 80.7 cm³/mol. The van der Waals surface area contributed by atoms with Crippen molar-refractivity contribution in [2.45, 2.75) is 44.6 Å². The molecule has 2 aliphatic heterocycles. The number of piperidine rings is 1. The SMILES string of the molecule is CC(C)(C)OC(=O)N1CCC2(CC1)COc1ccccc12. The van der Waals surface area contributed by atoms with Gasteiger partial charge in [-0.1, -0.05) is 18.2 Å². The standard InChI is InChI=1S/C17H23NO3/c1-16(2,3)21-15(19)18-10-8-17(9-11-18)12-20-14-7-5-4-6-13(14)17/h4-7H,8-12H2,1-3H3. The topological polar surface area (TPSA) is 38.8 Å². The highest BCUT2D eigenvalue weighted by molar-refractivity contribution is 5.68. The zero-order valence-corrected chi connectivity index (χ0v) is 13.0. The molecule has 0 radical (unpaired) electrons. The summed E-state index contributed by atoms with van der Waals surface area (Å²) in [6, 6.07) is 8.26. The summed E-state index contributed by atoms with van der Waals surface area (Å²) in [5.74, 6) is 1.00. The third-order valence-corrected chi connectivity index (χ3v) is 4.33. The molecule has 114 valence electrons. The molecular formula is C17H23NO3. The van der Waals surface area contributed by atoms with Gasteiger partial charge in [-0.25, -0.2) is 4.79 Å². The number of nitrogens with zero attached hydrogens (tertiary/aromatic N) is 1. The molecule has 21 heavy (non-hydrogen) atoms. The fourth-order valence-corrected chi connectivity index (χ4v) is 3.18. The molecule has 0 atom stereocenters. The lowest BCUT2D eigenvalue weighted by atomic mass is 9.74. The maximum atomic E-state index is 12.1. The Labute approximate surface area is 126 Å². The van der Waals surface area contributed by atoms with Crippen LogP contribution in [0.25, 0.3) is 0 Å². The van der Waals surface area contributed by atoms with Crippen LogP contribution in [0.1, 0.15) is 39.2 Å². The number of para-hydroxylation sites is 1. The summed E-state index contributed by atoms with van der Waals surface area (Å²) in [4.78, 5) is 14.0. The van der Waals surface area contributed by atoms with E-state index in [2.05, 4.69) is 12.1 Å². The van der Waals surface area contributed by atoms with Crippen LogP contribution in [-0.2, 0) is 10.2 Å². The number of carbonyl (C=O) groups excluding carboxylic acids is 1. The molecule has 1 spiro atoms. The minimum Gasteiger partial charge on any atom is -0.492 e. The highest BCUT2D eigenvalue weighted by atomic mass is 16.6.